The summed E-state index contributed by atoms with van der Waals surface area (Å²) in [6, 6.07) is 10.8. The molecule has 0 fully saturated rings. The fourth-order valence-electron chi connectivity index (χ4n) is 1.59. The summed E-state index contributed by atoms with van der Waals surface area (Å²) in [6.45, 7) is 0. The monoisotopic (exact) mass is 254 g/mol. The maximum atomic E-state index is 10.8. The number of pyridine rings is 1. The van der Waals surface area contributed by atoms with Gasteiger partial charge in [0.25, 0.3) is 0 Å². The van der Waals surface area contributed by atoms with Crippen LogP contribution in [0.4, 0.5) is 17.1 Å². The number of hydrogen-bond acceptors (Lipinski definition) is 5. The van der Waals surface area contributed by atoms with E-state index in [1.165, 1.54) is 12.4 Å². The van der Waals surface area contributed by atoms with E-state index in [1.807, 2.05) is 0 Å². The third-order valence-electron chi connectivity index (χ3n) is 2.51. The van der Waals surface area contributed by atoms with Crippen molar-refractivity contribution in [2.24, 2.45) is 0 Å². The first-order chi connectivity index (χ1) is 9.20. The zero-order valence-electron chi connectivity index (χ0n) is 9.91. The van der Waals surface area contributed by atoms with Crippen LogP contribution in [0.2, 0.25) is 0 Å². The van der Waals surface area contributed by atoms with Crippen molar-refractivity contribution >= 4 is 17.1 Å². The standard InChI is InChI=1S/C13H10N4O2/c14-7-5-10-1-3-11(4-2-10)16-12-6-8-15-9-13(12)17(18)19/h1-4,6,8-9H,5H2,(H,15,16). The average Bonchev–Trinajstić information content (AvgIpc) is 2.42. The van der Waals surface area contributed by atoms with Gasteiger partial charge >= 0.3 is 5.69 Å². The maximum Gasteiger partial charge on any atom is 0.310 e. The highest BCUT2D eigenvalue weighted by atomic mass is 16.6. The van der Waals surface area contributed by atoms with Crippen LogP contribution in [0.5, 0.6) is 0 Å². The summed E-state index contributed by atoms with van der Waals surface area (Å²) in [5.74, 6) is 0. The Balaban J connectivity index is 2.22. The molecule has 0 aliphatic heterocycles. The number of rotatable bonds is 4. The van der Waals surface area contributed by atoms with Crippen LogP contribution in [0.1, 0.15) is 5.56 Å². The summed E-state index contributed by atoms with van der Waals surface area (Å²) in [5.41, 5.74) is 1.92. The first-order valence-electron chi connectivity index (χ1n) is 5.52. The molecular formula is C13H10N4O2. The van der Waals surface area contributed by atoms with Crippen molar-refractivity contribution in [2.45, 2.75) is 6.42 Å². The summed E-state index contributed by atoms with van der Waals surface area (Å²) in [4.78, 5) is 14.1. The smallest absolute Gasteiger partial charge is 0.310 e. The van der Waals surface area contributed by atoms with Gasteiger partial charge in [-0.1, -0.05) is 12.1 Å². The maximum absolute atomic E-state index is 10.8. The molecule has 19 heavy (non-hydrogen) atoms. The number of benzene rings is 1. The Morgan fingerprint density at radius 3 is 2.68 bits per heavy atom. The van der Waals surface area contributed by atoms with Gasteiger partial charge in [0, 0.05) is 11.9 Å². The Morgan fingerprint density at radius 2 is 2.05 bits per heavy atom. The van der Waals surface area contributed by atoms with Crippen molar-refractivity contribution in [1.29, 1.82) is 5.26 Å². The first kappa shape index (κ1) is 12.5. The molecule has 1 aromatic carbocycles. The first-order valence-corrected chi connectivity index (χ1v) is 5.52. The molecule has 0 amide bonds. The summed E-state index contributed by atoms with van der Waals surface area (Å²) in [5, 5.41) is 22.4. The molecule has 0 saturated carbocycles. The largest absolute Gasteiger partial charge is 0.350 e. The van der Waals surface area contributed by atoms with Crippen molar-refractivity contribution in [2.75, 3.05) is 5.32 Å². The van der Waals surface area contributed by atoms with E-state index in [0.29, 0.717) is 12.1 Å². The van der Waals surface area contributed by atoms with Gasteiger partial charge in [0.1, 0.15) is 11.9 Å². The molecule has 0 saturated heterocycles. The Bertz CT molecular complexity index is 632. The molecular weight excluding hydrogens is 244 g/mol. The lowest BCUT2D eigenvalue weighted by atomic mass is 10.1. The van der Waals surface area contributed by atoms with E-state index in [1.54, 1.807) is 30.3 Å². The van der Waals surface area contributed by atoms with Gasteiger partial charge in [0.2, 0.25) is 0 Å². The Morgan fingerprint density at radius 1 is 1.32 bits per heavy atom. The minimum atomic E-state index is -0.487. The van der Waals surface area contributed by atoms with E-state index >= 15 is 0 Å². The van der Waals surface area contributed by atoms with Gasteiger partial charge < -0.3 is 5.32 Å². The molecule has 0 aliphatic carbocycles. The molecule has 1 heterocycles. The average molecular weight is 254 g/mol. The number of nitriles is 1. The van der Waals surface area contributed by atoms with Gasteiger partial charge in [0.05, 0.1) is 17.4 Å². The van der Waals surface area contributed by atoms with Crippen LogP contribution in [0.15, 0.2) is 42.7 Å². The van der Waals surface area contributed by atoms with E-state index in [9.17, 15) is 10.1 Å². The lowest BCUT2D eigenvalue weighted by Crippen LogP contribution is -1.97. The Hall–Kier alpha value is -2.94. The third kappa shape index (κ3) is 3.04. The normalized spacial score (nSPS) is 9.63. The van der Waals surface area contributed by atoms with Crippen LogP contribution < -0.4 is 5.32 Å². The van der Waals surface area contributed by atoms with Crippen LogP contribution in [-0.4, -0.2) is 9.91 Å². The molecule has 0 spiro atoms. The summed E-state index contributed by atoms with van der Waals surface area (Å²) >= 11 is 0. The van der Waals surface area contributed by atoms with Gasteiger partial charge in [-0.3, -0.25) is 15.1 Å². The highest BCUT2D eigenvalue weighted by Crippen LogP contribution is 2.26. The molecule has 6 nitrogen and oxygen atoms in total. The van der Waals surface area contributed by atoms with E-state index in [2.05, 4.69) is 16.4 Å². The van der Waals surface area contributed by atoms with Crippen molar-refractivity contribution in [1.82, 2.24) is 4.98 Å². The van der Waals surface area contributed by atoms with Crippen LogP contribution in [0, 0.1) is 21.4 Å². The van der Waals surface area contributed by atoms with Crippen LogP contribution in [0.3, 0.4) is 0 Å². The fraction of sp³-hybridized carbons (Fsp3) is 0.0769. The number of aromatic nitrogens is 1. The molecule has 0 bridgehead atoms. The van der Waals surface area contributed by atoms with Gasteiger partial charge in [-0.15, -0.1) is 0 Å². The molecule has 6 heteroatoms. The Labute approximate surface area is 109 Å². The zero-order chi connectivity index (χ0) is 13.7. The Kier molecular flexibility index (Phi) is 3.69. The number of anilines is 2. The van der Waals surface area contributed by atoms with Gasteiger partial charge in [-0.05, 0) is 23.8 Å². The predicted molar refractivity (Wildman–Crippen MR) is 69.9 cm³/mol. The van der Waals surface area contributed by atoms with Crippen molar-refractivity contribution < 1.29 is 4.92 Å². The SMILES string of the molecule is N#CCc1ccc(Nc2ccncc2[N+](=O)[O-])cc1. The summed E-state index contributed by atoms with van der Waals surface area (Å²) < 4.78 is 0. The van der Waals surface area contributed by atoms with E-state index in [-0.39, 0.29) is 5.69 Å². The zero-order valence-corrected chi connectivity index (χ0v) is 9.91. The van der Waals surface area contributed by atoms with Crippen molar-refractivity contribution in [3.8, 4) is 6.07 Å². The van der Waals surface area contributed by atoms with Gasteiger partial charge in [0.15, 0.2) is 0 Å². The highest BCUT2D eigenvalue weighted by Gasteiger charge is 2.12. The number of nitrogens with zero attached hydrogens (tertiary/aromatic N) is 3. The van der Waals surface area contributed by atoms with Gasteiger partial charge in [-0.2, -0.15) is 5.26 Å². The van der Waals surface area contributed by atoms with E-state index in [0.717, 1.165) is 11.3 Å². The minimum Gasteiger partial charge on any atom is -0.350 e. The van der Waals surface area contributed by atoms with Gasteiger partial charge in [-0.25, -0.2) is 0 Å². The molecule has 0 radical (unpaired) electrons. The lowest BCUT2D eigenvalue weighted by Gasteiger charge is -2.06. The lowest BCUT2D eigenvalue weighted by molar-refractivity contribution is -0.384. The molecule has 0 aliphatic rings. The van der Waals surface area contributed by atoms with Crippen LogP contribution >= 0.6 is 0 Å². The molecule has 2 aromatic rings. The van der Waals surface area contributed by atoms with Crippen LogP contribution in [-0.2, 0) is 6.42 Å². The molecule has 0 atom stereocenters. The molecule has 2 rings (SSSR count). The van der Waals surface area contributed by atoms with E-state index < -0.39 is 4.92 Å². The molecule has 0 unspecified atom stereocenters. The van der Waals surface area contributed by atoms with Crippen molar-refractivity contribution in [3.63, 3.8) is 0 Å². The van der Waals surface area contributed by atoms with E-state index in [4.69, 9.17) is 5.26 Å². The number of hydrogen-bond donors (Lipinski definition) is 1. The third-order valence-corrected chi connectivity index (χ3v) is 2.51. The second kappa shape index (κ2) is 5.60. The minimum absolute atomic E-state index is 0.0800. The summed E-state index contributed by atoms with van der Waals surface area (Å²) in [7, 11) is 0. The second-order valence-electron chi connectivity index (χ2n) is 3.81. The molecule has 94 valence electrons. The molecule has 1 aromatic heterocycles. The molecule has 1 N–H and O–H groups in total. The number of nitrogens with one attached hydrogen (secondary N) is 1. The second-order valence-corrected chi connectivity index (χ2v) is 3.81. The fourth-order valence-corrected chi connectivity index (χ4v) is 1.59. The quantitative estimate of drug-likeness (QED) is 0.669. The summed E-state index contributed by atoms with van der Waals surface area (Å²) in [6.07, 6.45) is 3.03. The predicted octanol–water partition coefficient (Wildman–Crippen LogP) is 2.80. The number of nitro groups is 1. The van der Waals surface area contributed by atoms with Crippen molar-refractivity contribution in [3.05, 3.63) is 58.4 Å². The highest BCUT2D eigenvalue weighted by molar-refractivity contribution is 5.68. The topological polar surface area (TPSA) is 91.8 Å². The van der Waals surface area contributed by atoms with Crippen LogP contribution in [0.25, 0.3) is 0 Å².